The van der Waals surface area contributed by atoms with E-state index in [1.807, 2.05) is 20.1 Å². The highest BCUT2D eigenvalue weighted by Gasteiger charge is 2.03. The molecule has 0 fully saturated rings. The van der Waals surface area contributed by atoms with Crippen molar-refractivity contribution in [1.82, 2.24) is 9.97 Å². The molecule has 0 aliphatic rings. The Morgan fingerprint density at radius 1 is 1.38 bits per heavy atom. The number of ether oxygens (including phenoxy) is 2. The first kappa shape index (κ1) is 13.5. The first-order chi connectivity index (χ1) is 7.61. The van der Waals surface area contributed by atoms with E-state index in [9.17, 15) is 0 Å². The Morgan fingerprint density at radius 2 is 2.12 bits per heavy atom. The average molecular weight is 263 g/mol. The smallest absolute Gasteiger partial charge is 0.218 e. The Kier molecular flexibility index (Phi) is 5.87. The SMILES string of the molecule is CSc1nc(Cl)cc(OCCOC(C)C)n1. The first-order valence-corrected chi connectivity index (χ1v) is 6.55. The number of hydrogen-bond acceptors (Lipinski definition) is 5. The van der Waals surface area contributed by atoms with Gasteiger partial charge < -0.3 is 9.47 Å². The van der Waals surface area contributed by atoms with E-state index in [4.69, 9.17) is 21.1 Å². The van der Waals surface area contributed by atoms with Crippen LogP contribution in [0.2, 0.25) is 5.15 Å². The highest BCUT2D eigenvalue weighted by Crippen LogP contribution is 2.18. The van der Waals surface area contributed by atoms with E-state index >= 15 is 0 Å². The standard InChI is InChI=1S/C10H15ClN2O2S/c1-7(2)14-4-5-15-9-6-8(11)12-10(13-9)16-3/h6-7H,4-5H2,1-3H3. The molecule has 0 radical (unpaired) electrons. The van der Waals surface area contributed by atoms with E-state index in [-0.39, 0.29) is 6.10 Å². The molecule has 0 spiro atoms. The van der Waals surface area contributed by atoms with Crippen LogP contribution in [0.5, 0.6) is 5.88 Å². The van der Waals surface area contributed by atoms with Gasteiger partial charge in [-0.1, -0.05) is 23.4 Å². The number of nitrogens with zero attached hydrogens (tertiary/aromatic N) is 2. The van der Waals surface area contributed by atoms with Gasteiger partial charge >= 0.3 is 0 Å². The molecule has 0 N–H and O–H groups in total. The molecule has 90 valence electrons. The Labute approximate surface area is 105 Å². The molecular formula is C10H15ClN2O2S. The highest BCUT2D eigenvalue weighted by atomic mass is 35.5. The fourth-order valence-electron chi connectivity index (χ4n) is 0.972. The monoisotopic (exact) mass is 262 g/mol. The molecule has 0 aliphatic carbocycles. The van der Waals surface area contributed by atoms with Gasteiger partial charge in [-0.25, -0.2) is 4.98 Å². The lowest BCUT2D eigenvalue weighted by Gasteiger charge is -2.09. The van der Waals surface area contributed by atoms with Crippen LogP contribution >= 0.6 is 23.4 Å². The van der Waals surface area contributed by atoms with Gasteiger partial charge in [0.15, 0.2) is 5.16 Å². The number of hydrogen-bond donors (Lipinski definition) is 0. The van der Waals surface area contributed by atoms with Crippen LogP contribution in [-0.4, -0.2) is 35.5 Å². The van der Waals surface area contributed by atoms with Crippen LogP contribution in [0.1, 0.15) is 13.8 Å². The fourth-order valence-corrected chi connectivity index (χ4v) is 1.57. The van der Waals surface area contributed by atoms with E-state index in [0.29, 0.717) is 29.4 Å². The molecule has 0 aromatic carbocycles. The molecule has 0 atom stereocenters. The largest absolute Gasteiger partial charge is 0.475 e. The summed E-state index contributed by atoms with van der Waals surface area (Å²) in [5.41, 5.74) is 0. The van der Waals surface area contributed by atoms with Crippen LogP contribution in [0, 0.1) is 0 Å². The number of halogens is 1. The molecule has 0 aliphatic heterocycles. The lowest BCUT2D eigenvalue weighted by atomic mass is 10.5. The molecule has 0 saturated carbocycles. The number of aromatic nitrogens is 2. The van der Waals surface area contributed by atoms with Crippen LogP contribution in [0.15, 0.2) is 11.2 Å². The molecule has 1 heterocycles. The van der Waals surface area contributed by atoms with Gasteiger partial charge in [-0.3, -0.25) is 0 Å². The lowest BCUT2D eigenvalue weighted by Crippen LogP contribution is -2.12. The fraction of sp³-hybridized carbons (Fsp3) is 0.600. The van der Waals surface area contributed by atoms with Crippen molar-refractivity contribution >= 4 is 23.4 Å². The van der Waals surface area contributed by atoms with Crippen molar-refractivity contribution in [2.75, 3.05) is 19.5 Å². The zero-order valence-electron chi connectivity index (χ0n) is 9.57. The Morgan fingerprint density at radius 3 is 2.75 bits per heavy atom. The van der Waals surface area contributed by atoms with Crippen molar-refractivity contribution in [2.45, 2.75) is 25.1 Å². The van der Waals surface area contributed by atoms with Crippen molar-refractivity contribution in [3.8, 4) is 5.88 Å². The molecule has 1 aromatic heterocycles. The Balaban J connectivity index is 2.44. The predicted octanol–water partition coefficient (Wildman–Crippen LogP) is 2.66. The third-order valence-electron chi connectivity index (χ3n) is 1.62. The van der Waals surface area contributed by atoms with Gasteiger partial charge in [0, 0.05) is 6.07 Å². The first-order valence-electron chi connectivity index (χ1n) is 4.95. The van der Waals surface area contributed by atoms with Gasteiger partial charge in [0.2, 0.25) is 5.88 Å². The Hall–Kier alpha value is -0.520. The molecule has 1 rings (SSSR count). The topological polar surface area (TPSA) is 44.2 Å². The second kappa shape index (κ2) is 6.93. The van der Waals surface area contributed by atoms with E-state index in [1.165, 1.54) is 11.8 Å². The summed E-state index contributed by atoms with van der Waals surface area (Å²) in [6.45, 7) is 4.95. The van der Waals surface area contributed by atoms with Crippen LogP contribution in [-0.2, 0) is 4.74 Å². The van der Waals surface area contributed by atoms with Crippen LogP contribution in [0.4, 0.5) is 0 Å². The lowest BCUT2D eigenvalue weighted by molar-refractivity contribution is 0.0540. The normalized spacial score (nSPS) is 10.8. The van der Waals surface area contributed by atoms with Gasteiger partial charge in [0.1, 0.15) is 11.8 Å². The molecule has 0 saturated heterocycles. The minimum Gasteiger partial charge on any atom is -0.475 e. The average Bonchev–Trinajstić information content (AvgIpc) is 2.23. The van der Waals surface area contributed by atoms with E-state index in [2.05, 4.69) is 9.97 Å². The van der Waals surface area contributed by atoms with Gasteiger partial charge in [-0.05, 0) is 20.1 Å². The molecule has 1 aromatic rings. The van der Waals surface area contributed by atoms with E-state index < -0.39 is 0 Å². The second-order valence-electron chi connectivity index (χ2n) is 3.28. The van der Waals surface area contributed by atoms with Crippen LogP contribution in [0.3, 0.4) is 0 Å². The van der Waals surface area contributed by atoms with E-state index in [0.717, 1.165) is 0 Å². The number of rotatable bonds is 6. The highest BCUT2D eigenvalue weighted by molar-refractivity contribution is 7.98. The van der Waals surface area contributed by atoms with Crippen LogP contribution in [0.25, 0.3) is 0 Å². The van der Waals surface area contributed by atoms with Gasteiger partial charge in [-0.15, -0.1) is 0 Å². The summed E-state index contributed by atoms with van der Waals surface area (Å²) in [5, 5.41) is 0.992. The minimum atomic E-state index is 0.208. The van der Waals surface area contributed by atoms with E-state index in [1.54, 1.807) is 6.07 Å². The quantitative estimate of drug-likeness (QED) is 0.341. The maximum absolute atomic E-state index is 5.82. The second-order valence-corrected chi connectivity index (χ2v) is 4.44. The van der Waals surface area contributed by atoms with Crippen molar-refractivity contribution in [1.29, 1.82) is 0 Å². The summed E-state index contributed by atoms with van der Waals surface area (Å²) < 4.78 is 10.7. The summed E-state index contributed by atoms with van der Waals surface area (Å²) in [7, 11) is 0. The molecule has 16 heavy (non-hydrogen) atoms. The molecule has 6 heteroatoms. The summed E-state index contributed by atoms with van der Waals surface area (Å²) in [4.78, 5) is 8.17. The van der Waals surface area contributed by atoms with Gasteiger partial charge in [-0.2, -0.15) is 4.98 Å². The minimum absolute atomic E-state index is 0.208. The Bertz CT molecular complexity index is 337. The molecule has 0 bridgehead atoms. The maximum Gasteiger partial charge on any atom is 0.218 e. The summed E-state index contributed by atoms with van der Waals surface area (Å²) in [5.74, 6) is 0.483. The van der Waals surface area contributed by atoms with Crippen molar-refractivity contribution in [3.05, 3.63) is 11.2 Å². The van der Waals surface area contributed by atoms with Gasteiger partial charge in [0.05, 0.1) is 12.7 Å². The van der Waals surface area contributed by atoms with Crippen LogP contribution < -0.4 is 4.74 Å². The zero-order valence-corrected chi connectivity index (χ0v) is 11.1. The zero-order chi connectivity index (χ0) is 12.0. The molecular weight excluding hydrogens is 248 g/mol. The maximum atomic E-state index is 5.82. The third kappa shape index (κ3) is 5.01. The molecule has 0 unspecified atom stereocenters. The number of thioether (sulfide) groups is 1. The predicted molar refractivity (Wildman–Crippen MR) is 65.4 cm³/mol. The van der Waals surface area contributed by atoms with Crippen molar-refractivity contribution in [2.24, 2.45) is 0 Å². The third-order valence-corrected chi connectivity index (χ3v) is 2.36. The van der Waals surface area contributed by atoms with Crippen molar-refractivity contribution < 1.29 is 9.47 Å². The van der Waals surface area contributed by atoms with Crippen molar-refractivity contribution in [3.63, 3.8) is 0 Å². The molecule has 0 amide bonds. The molecule has 4 nitrogen and oxygen atoms in total. The summed E-state index contributed by atoms with van der Waals surface area (Å²) in [6.07, 6.45) is 2.09. The van der Waals surface area contributed by atoms with Gasteiger partial charge in [0.25, 0.3) is 0 Å². The summed E-state index contributed by atoms with van der Waals surface area (Å²) >= 11 is 7.24. The summed E-state index contributed by atoms with van der Waals surface area (Å²) in [6, 6.07) is 1.59.